The average molecular weight is 1170 g/mol. The SMILES string of the molecule is CSCC[C@H](NC(=O)CNC(=O)CNC(=O)[C@H](CCCCNC(=O)CCCCN1/C(=C/C=C/C2=[N+](C)c3ccccc3C2(C)C)C(C)(C)c2ccccc21)NC(=O)c1ccc(C2(C(F)(F)F)N=N2)cc1)C(=O)NO.[I-]. The molecule has 0 fully saturated rings. The highest BCUT2D eigenvalue weighted by atomic mass is 127. The first-order valence-corrected chi connectivity index (χ1v) is 26.0. The normalized spacial score (nSPS) is 16.8. The molecule has 0 saturated heterocycles. The van der Waals surface area contributed by atoms with E-state index in [9.17, 15) is 41.9 Å². The number of rotatable bonds is 25. The van der Waals surface area contributed by atoms with Crippen LogP contribution in [-0.2, 0) is 40.5 Å². The van der Waals surface area contributed by atoms with E-state index in [1.807, 2.05) is 6.07 Å². The van der Waals surface area contributed by atoms with Crippen LogP contribution in [0, 0.1) is 0 Å². The maximum Gasteiger partial charge on any atom is 0.442 e. The molecule has 6 amide bonds. The zero-order valence-corrected chi connectivity index (χ0v) is 45.9. The molecule has 0 bridgehead atoms. The van der Waals surface area contributed by atoms with Gasteiger partial charge in [-0.05, 0) is 94.2 Å². The van der Waals surface area contributed by atoms with Crippen molar-refractivity contribution in [3.05, 3.63) is 119 Å². The van der Waals surface area contributed by atoms with Crippen LogP contribution in [-0.4, -0.2) is 114 Å². The lowest BCUT2D eigenvalue weighted by Gasteiger charge is -2.27. The summed E-state index contributed by atoms with van der Waals surface area (Å²) in [5.41, 5.74) is 5.34. The number of anilines is 1. The van der Waals surface area contributed by atoms with Gasteiger partial charge in [0.05, 0.1) is 18.5 Å². The Morgan fingerprint density at radius 2 is 1.41 bits per heavy atom. The van der Waals surface area contributed by atoms with Crippen LogP contribution in [0.25, 0.3) is 0 Å². The molecule has 0 aromatic heterocycles. The maximum absolute atomic E-state index is 13.6. The lowest BCUT2D eigenvalue weighted by molar-refractivity contribution is -0.401. The van der Waals surface area contributed by atoms with Crippen LogP contribution in [0.15, 0.2) is 107 Å². The molecule has 0 saturated carbocycles. The number of fused-ring (bicyclic) bond motifs is 2. The minimum Gasteiger partial charge on any atom is -1.00 e. The number of hydroxylamine groups is 1. The van der Waals surface area contributed by atoms with Crippen molar-refractivity contribution in [3.8, 4) is 0 Å². The third kappa shape index (κ3) is 14.4. The number of carbonyl (C=O) groups excluding carboxylic acids is 6. The van der Waals surface area contributed by atoms with Crippen LogP contribution in [0.3, 0.4) is 0 Å². The van der Waals surface area contributed by atoms with Gasteiger partial charge in [0.25, 0.3) is 11.8 Å². The molecule has 75 heavy (non-hydrogen) atoms. The van der Waals surface area contributed by atoms with E-state index >= 15 is 0 Å². The van der Waals surface area contributed by atoms with Gasteiger partial charge < -0.3 is 55.5 Å². The van der Waals surface area contributed by atoms with E-state index in [2.05, 4.69) is 142 Å². The Hall–Kier alpha value is -6.14. The molecule has 7 N–H and O–H groups in total. The Kier molecular flexibility index (Phi) is 20.8. The van der Waals surface area contributed by atoms with Gasteiger partial charge in [-0.2, -0.15) is 29.5 Å². The Morgan fingerprint density at radius 3 is 2.07 bits per heavy atom. The van der Waals surface area contributed by atoms with Crippen LogP contribution in [0.4, 0.5) is 24.5 Å². The van der Waals surface area contributed by atoms with Gasteiger partial charge in [0, 0.05) is 65.1 Å². The molecule has 2 atom stereocenters. The van der Waals surface area contributed by atoms with Crippen molar-refractivity contribution in [1.29, 1.82) is 0 Å². The van der Waals surface area contributed by atoms with E-state index in [1.54, 1.807) is 6.26 Å². The molecule has 3 aliphatic rings. The zero-order chi connectivity index (χ0) is 53.8. The lowest BCUT2D eigenvalue weighted by Crippen LogP contribution is -3.00. The van der Waals surface area contributed by atoms with Gasteiger partial charge in [-0.25, -0.2) is 5.48 Å². The van der Waals surface area contributed by atoms with Crippen molar-refractivity contribution in [2.24, 2.45) is 10.2 Å². The second kappa shape index (κ2) is 26.1. The van der Waals surface area contributed by atoms with Crippen molar-refractivity contribution in [1.82, 2.24) is 32.1 Å². The molecular formula is C53H66F3IN10O7S. The minimum absolute atomic E-state index is 0. The molecule has 0 radical (unpaired) electrons. The number of nitrogens with one attached hydrogen (secondary N) is 6. The standard InChI is InChI=1S/C53H65F3N10O7S.HI/c1-50(2)36-16-7-9-19-40(36)65(5)42(50)21-15-22-43-51(3,4)37-17-8-10-20-41(37)66(43)30-14-12-23-44(67)57-29-13-11-18-38(61-47(70)34-24-26-35(27-25-34)52(63-64-52)53(54,55)56)48(71)59-32-45(68)58-33-46(69)60-39(28-31-74-6)49(72)62-73;/h7-10,15-17,19-22,24-27,38-39H,11-14,18,23,28-33H2,1-6H3,(H6-,57,58,59,60,61,62,63,64,67,68,69,70,71,72,73);1H/t38-,39-;/m0./s1. The number of amides is 6. The zero-order valence-electron chi connectivity index (χ0n) is 42.9. The number of carbonyl (C=O) groups is 6. The molecule has 0 spiro atoms. The molecule has 17 nitrogen and oxygen atoms in total. The molecule has 0 unspecified atom stereocenters. The summed E-state index contributed by atoms with van der Waals surface area (Å²) in [4.78, 5) is 79.2. The second-order valence-electron chi connectivity index (χ2n) is 19.4. The fourth-order valence-electron chi connectivity index (χ4n) is 9.43. The Balaban J connectivity index is 0.0000104. The van der Waals surface area contributed by atoms with Gasteiger partial charge in [-0.1, -0.05) is 68.5 Å². The summed E-state index contributed by atoms with van der Waals surface area (Å²) >= 11 is 1.42. The van der Waals surface area contributed by atoms with Gasteiger partial charge in [-0.3, -0.25) is 34.0 Å². The van der Waals surface area contributed by atoms with Crippen LogP contribution in [0.5, 0.6) is 0 Å². The van der Waals surface area contributed by atoms with Crippen molar-refractivity contribution >= 4 is 64.3 Å². The second-order valence-corrected chi connectivity index (χ2v) is 20.4. The van der Waals surface area contributed by atoms with Crippen molar-refractivity contribution in [2.75, 3.05) is 50.1 Å². The third-order valence-electron chi connectivity index (χ3n) is 13.6. The molecular weight excluding hydrogens is 1100 g/mol. The van der Waals surface area contributed by atoms with Crippen LogP contribution in [0.2, 0.25) is 0 Å². The van der Waals surface area contributed by atoms with E-state index < -0.39 is 66.5 Å². The number of hydrogen-bond acceptors (Lipinski definition) is 11. The first-order chi connectivity index (χ1) is 35.2. The highest BCUT2D eigenvalue weighted by molar-refractivity contribution is 7.98. The number of benzene rings is 3. The molecule has 0 aliphatic carbocycles. The first kappa shape index (κ1) is 59.7. The number of hydrogen-bond donors (Lipinski definition) is 7. The predicted octanol–water partition coefficient (Wildman–Crippen LogP) is 3.35. The molecule has 404 valence electrons. The van der Waals surface area contributed by atoms with Crippen molar-refractivity contribution in [2.45, 2.75) is 107 Å². The van der Waals surface area contributed by atoms with Crippen molar-refractivity contribution < 1.29 is 75.7 Å². The summed E-state index contributed by atoms with van der Waals surface area (Å²) in [6, 6.07) is 19.1. The highest BCUT2D eigenvalue weighted by Gasteiger charge is 2.65. The molecule has 3 aromatic carbocycles. The number of para-hydroxylation sites is 2. The molecule has 3 aliphatic heterocycles. The Bertz CT molecular complexity index is 2710. The monoisotopic (exact) mass is 1170 g/mol. The smallest absolute Gasteiger partial charge is 0.442 e. The summed E-state index contributed by atoms with van der Waals surface area (Å²) in [5, 5.41) is 28.1. The van der Waals surface area contributed by atoms with Gasteiger partial charge in [0.15, 0.2) is 5.71 Å². The Labute approximate surface area is 456 Å². The van der Waals surface area contributed by atoms with E-state index in [-0.39, 0.29) is 71.2 Å². The quantitative estimate of drug-likeness (QED) is 0.0217. The number of thioether (sulfide) groups is 1. The van der Waals surface area contributed by atoms with Crippen molar-refractivity contribution in [3.63, 3.8) is 0 Å². The van der Waals surface area contributed by atoms with Crippen LogP contribution in [0.1, 0.15) is 99.7 Å². The summed E-state index contributed by atoms with van der Waals surface area (Å²) in [6.07, 6.45) is 6.32. The van der Waals surface area contributed by atoms with Gasteiger partial charge in [0.1, 0.15) is 19.1 Å². The Morgan fingerprint density at radius 1 is 0.760 bits per heavy atom. The first-order valence-electron chi connectivity index (χ1n) is 24.6. The van der Waals surface area contributed by atoms with Gasteiger partial charge in [0.2, 0.25) is 29.3 Å². The minimum atomic E-state index is -4.76. The number of alkyl halides is 3. The molecule has 3 heterocycles. The largest absolute Gasteiger partial charge is 1.00 e. The van der Waals surface area contributed by atoms with Crippen LogP contribution >= 0.6 is 11.8 Å². The predicted molar refractivity (Wildman–Crippen MR) is 276 cm³/mol. The maximum atomic E-state index is 13.6. The molecule has 6 rings (SSSR count). The summed E-state index contributed by atoms with van der Waals surface area (Å²) < 4.78 is 43.0. The number of allylic oxidation sites excluding steroid dienone is 4. The summed E-state index contributed by atoms with van der Waals surface area (Å²) in [5.74, 6) is -3.48. The van der Waals surface area contributed by atoms with Gasteiger partial charge in [-0.15, -0.1) is 10.2 Å². The fourth-order valence-corrected chi connectivity index (χ4v) is 9.90. The third-order valence-corrected chi connectivity index (χ3v) is 14.3. The number of nitrogens with zero attached hydrogens (tertiary/aromatic N) is 4. The topological polar surface area (TPSA) is 226 Å². The van der Waals surface area contributed by atoms with Gasteiger partial charge >= 0.3 is 11.8 Å². The molecule has 22 heteroatoms. The fraction of sp³-hybridized carbons (Fsp3) is 0.453. The van der Waals surface area contributed by atoms with E-state index in [4.69, 9.17) is 5.21 Å². The van der Waals surface area contributed by atoms with Crippen LogP contribution < -0.4 is 60.9 Å². The highest BCUT2D eigenvalue weighted by Crippen LogP contribution is 2.52. The molecule has 3 aromatic rings. The summed E-state index contributed by atoms with van der Waals surface area (Å²) in [6.45, 7) is 8.81. The van der Waals surface area contributed by atoms with E-state index in [1.165, 1.54) is 45.5 Å². The number of unbranched alkanes of at least 4 members (excludes halogenated alkanes) is 2. The summed E-state index contributed by atoms with van der Waals surface area (Å²) in [7, 11) is 2.10. The lowest BCUT2D eigenvalue weighted by atomic mass is 9.81. The average Bonchev–Trinajstić information content (AvgIpc) is 4.14. The van der Waals surface area contributed by atoms with E-state index in [0.29, 0.717) is 38.0 Å². The van der Waals surface area contributed by atoms with E-state index in [0.717, 1.165) is 36.4 Å². The number of halogens is 4.